The first-order valence-corrected chi connectivity index (χ1v) is 11.4. The van der Waals surface area contributed by atoms with E-state index in [9.17, 15) is 24.3 Å². The molecule has 0 saturated heterocycles. The Bertz CT molecular complexity index is 841. The number of nitrogens with two attached hydrogens (primary N) is 1. The third-order valence-corrected chi connectivity index (χ3v) is 4.74. The second kappa shape index (κ2) is 12.4. The Kier molecular flexibility index (Phi) is 10.6. The molecule has 0 aromatic heterocycles. The molecule has 13 nitrogen and oxygen atoms in total. The topological polar surface area (TPSA) is 229 Å². The summed E-state index contributed by atoms with van der Waals surface area (Å²) in [6, 6.07) is 1.44. The number of aliphatic carboxylic acids is 2. The van der Waals surface area contributed by atoms with E-state index >= 15 is 0 Å². The maximum atomic E-state index is 12.7. The van der Waals surface area contributed by atoms with Gasteiger partial charge in [-0.05, 0) is 30.0 Å². The first-order chi connectivity index (χ1) is 15.2. The van der Waals surface area contributed by atoms with E-state index in [0.29, 0.717) is 12.0 Å². The average Bonchev–Trinajstić information content (AvgIpc) is 2.66. The number of nitrogens with one attached hydrogen (secondary N) is 2. The molecule has 0 spiro atoms. The molecular weight excluding hydrogens is 461 g/mol. The number of benzene rings is 1. The van der Waals surface area contributed by atoms with E-state index in [0.717, 1.165) is 0 Å². The van der Waals surface area contributed by atoms with Gasteiger partial charge in [-0.15, -0.1) is 0 Å². The lowest BCUT2D eigenvalue weighted by Crippen LogP contribution is -2.55. The van der Waals surface area contributed by atoms with Crippen molar-refractivity contribution in [3.8, 4) is 5.75 Å². The zero-order chi connectivity index (χ0) is 25.3. The molecule has 0 heterocycles. The SMILES string of the molecule is CC(C)C[C@H](N)C(=O)N[C@@H](Cc1ccc(O[P+](O)(O)O)cc1)C(=O)N[C@@H](CC(=O)O)C(=O)O. The Hall–Kier alpha value is -2.83. The van der Waals surface area contributed by atoms with Crippen molar-refractivity contribution in [2.75, 3.05) is 0 Å². The Morgan fingerprint density at radius 2 is 1.52 bits per heavy atom. The van der Waals surface area contributed by atoms with Gasteiger partial charge in [-0.25, -0.2) is 4.79 Å². The minimum absolute atomic E-state index is 0.0732. The first-order valence-electron chi connectivity index (χ1n) is 9.84. The van der Waals surface area contributed by atoms with Crippen molar-refractivity contribution in [3.63, 3.8) is 0 Å². The van der Waals surface area contributed by atoms with Gasteiger partial charge in [0.05, 0.1) is 12.5 Å². The number of amides is 2. The van der Waals surface area contributed by atoms with E-state index in [2.05, 4.69) is 15.2 Å². The van der Waals surface area contributed by atoms with E-state index in [1.54, 1.807) is 0 Å². The van der Waals surface area contributed by atoms with Crippen molar-refractivity contribution in [1.29, 1.82) is 0 Å². The van der Waals surface area contributed by atoms with Crippen molar-refractivity contribution in [2.45, 2.75) is 51.2 Å². The molecule has 1 aromatic rings. The van der Waals surface area contributed by atoms with Crippen LogP contribution in [0.3, 0.4) is 0 Å². The van der Waals surface area contributed by atoms with Gasteiger partial charge in [-0.2, -0.15) is 14.7 Å². The Balaban J connectivity index is 3.05. The highest BCUT2D eigenvalue weighted by Gasteiger charge is 2.35. The molecule has 0 fully saturated rings. The second-order valence-electron chi connectivity index (χ2n) is 7.75. The van der Waals surface area contributed by atoms with Crippen molar-refractivity contribution in [2.24, 2.45) is 11.7 Å². The Labute approximate surface area is 190 Å². The quantitative estimate of drug-likeness (QED) is 0.159. The van der Waals surface area contributed by atoms with Crippen LogP contribution in [0.15, 0.2) is 24.3 Å². The Morgan fingerprint density at radius 1 is 0.970 bits per heavy atom. The van der Waals surface area contributed by atoms with Gasteiger partial charge in [0.2, 0.25) is 11.8 Å². The largest absolute Gasteiger partial charge is 0.613 e. The maximum absolute atomic E-state index is 12.7. The highest BCUT2D eigenvalue weighted by Crippen LogP contribution is 2.45. The summed E-state index contributed by atoms with van der Waals surface area (Å²) in [6.07, 6.45) is -0.671. The predicted molar refractivity (Wildman–Crippen MR) is 116 cm³/mol. The van der Waals surface area contributed by atoms with Crippen LogP contribution >= 0.6 is 8.17 Å². The number of carboxylic acid groups (broad SMARTS) is 2. The monoisotopic (exact) mass is 490 g/mol. The fourth-order valence-corrected chi connectivity index (χ4v) is 3.22. The smallest absolute Gasteiger partial charge is 0.481 e. The van der Waals surface area contributed by atoms with E-state index in [1.165, 1.54) is 24.3 Å². The number of hydrogen-bond donors (Lipinski definition) is 8. The van der Waals surface area contributed by atoms with Crippen LogP contribution in [0.2, 0.25) is 0 Å². The molecule has 2 amide bonds. The number of rotatable bonds is 13. The van der Waals surface area contributed by atoms with Crippen molar-refractivity contribution >= 4 is 31.9 Å². The molecular formula is C19H29N3O10P+. The lowest BCUT2D eigenvalue weighted by Gasteiger charge is -2.23. The minimum Gasteiger partial charge on any atom is -0.481 e. The molecule has 184 valence electrons. The number of carbonyl (C=O) groups excluding carboxylic acids is 2. The third-order valence-electron chi connectivity index (χ3n) is 4.28. The van der Waals surface area contributed by atoms with Gasteiger partial charge in [-0.1, -0.05) is 26.0 Å². The molecule has 0 aliphatic heterocycles. The lowest BCUT2D eigenvalue weighted by molar-refractivity contribution is -0.147. The van der Waals surface area contributed by atoms with Gasteiger partial charge in [0.15, 0.2) is 5.75 Å². The van der Waals surface area contributed by atoms with Crippen LogP contribution in [0.4, 0.5) is 0 Å². The molecule has 0 radical (unpaired) electrons. The van der Waals surface area contributed by atoms with Crippen LogP contribution in [0.1, 0.15) is 32.3 Å². The summed E-state index contributed by atoms with van der Waals surface area (Å²) in [6.45, 7) is 3.71. The predicted octanol–water partition coefficient (Wildman–Crippen LogP) is -0.835. The normalized spacial score (nSPS) is 14.2. The minimum atomic E-state index is -4.51. The molecule has 1 aromatic carbocycles. The van der Waals surface area contributed by atoms with Crippen LogP contribution in [-0.4, -0.2) is 66.8 Å². The van der Waals surface area contributed by atoms with Gasteiger partial charge in [0.1, 0.15) is 12.1 Å². The molecule has 14 heteroatoms. The van der Waals surface area contributed by atoms with E-state index in [-0.39, 0.29) is 18.1 Å². The van der Waals surface area contributed by atoms with Crippen LogP contribution in [-0.2, 0) is 25.6 Å². The van der Waals surface area contributed by atoms with Crippen molar-refractivity contribution < 1.29 is 48.6 Å². The molecule has 0 saturated carbocycles. The lowest BCUT2D eigenvalue weighted by atomic mass is 10.0. The van der Waals surface area contributed by atoms with E-state index in [1.807, 2.05) is 13.8 Å². The fraction of sp³-hybridized carbons (Fsp3) is 0.474. The van der Waals surface area contributed by atoms with Gasteiger partial charge in [0, 0.05) is 6.42 Å². The van der Waals surface area contributed by atoms with E-state index < -0.39 is 56.5 Å². The first kappa shape index (κ1) is 28.2. The summed E-state index contributed by atoms with van der Waals surface area (Å²) in [5.41, 5.74) is 6.30. The zero-order valence-electron chi connectivity index (χ0n) is 18.0. The van der Waals surface area contributed by atoms with Crippen LogP contribution in [0.25, 0.3) is 0 Å². The molecule has 0 bridgehead atoms. The summed E-state index contributed by atoms with van der Waals surface area (Å²) in [5, 5.41) is 22.6. The van der Waals surface area contributed by atoms with Crippen molar-refractivity contribution in [1.82, 2.24) is 10.6 Å². The van der Waals surface area contributed by atoms with Crippen LogP contribution in [0.5, 0.6) is 5.75 Å². The van der Waals surface area contributed by atoms with Crippen molar-refractivity contribution in [3.05, 3.63) is 29.8 Å². The summed E-state index contributed by atoms with van der Waals surface area (Å²) in [5.74, 6) is -4.55. The summed E-state index contributed by atoms with van der Waals surface area (Å²) in [4.78, 5) is 74.3. The number of hydrogen-bond acceptors (Lipinski definition) is 9. The zero-order valence-corrected chi connectivity index (χ0v) is 18.9. The molecule has 0 aliphatic rings. The number of carbonyl (C=O) groups is 4. The van der Waals surface area contributed by atoms with Crippen LogP contribution in [0, 0.1) is 5.92 Å². The molecule has 0 aliphatic carbocycles. The van der Waals surface area contributed by atoms with E-state index in [4.69, 9.17) is 25.5 Å². The average molecular weight is 490 g/mol. The van der Waals surface area contributed by atoms with Crippen LogP contribution < -0.4 is 20.9 Å². The van der Waals surface area contributed by atoms with Gasteiger partial charge < -0.3 is 26.6 Å². The summed E-state index contributed by atoms with van der Waals surface area (Å²) in [7, 11) is -4.51. The molecule has 33 heavy (non-hydrogen) atoms. The molecule has 3 atom stereocenters. The van der Waals surface area contributed by atoms with Gasteiger partial charge >= 0.3 is 20.1 Å². The molecule has 0 unspecified atom stereocenters. The van der Waals surface area contributed by atoms with Gasteiger partial charge in [0.25, 0.3) is 0 Å². The highest BCUT2D eigenvalue weighted by atomic mass is 31.2. The maximum Gasteiger partial charge on any atom is 0.613 e. The third kappa shape index (κ3) is 11.0. The highest BCUT2D eigenvalue weighted by molar-refractivity contribution is 7.53. The standard InChI is InChI=1S/C19H28N3O10P/c1-10(2)7-13(20)17(25)21-14(18(26)22-15(19(27)28)9-16(23)24)8-11-3-5-12(6-4-11)32-33(29,30)31/h3-6,10,13-15,29-31H,7-9,20H2,1-2H3,(H3-,21,22,23,24,25,26,27,28)/p+1/t13-,14-,15-/m0/s1. The molecule has 9 N–H and O–H groups in total. The number of carboxylic acids is 2. The second-order valence-corrected chi connectivity index (χ2v) is 8.96. The summed E-state index contributed by atoms with van der Waals surface area (Å²) >= 11 is 0. The molecule has 1 rings (SSSR count). The summed E-state index contributed by atoms with van der Waals surface area (Å²) < 4.78 is 4.55. The fourth-order valence-electron chi connectivity index (χ4n) is 2.81. The van der Waals surface area contributed by atoms with Gasteiger partial charge in [-0.3, -0.25) is 18.9 Å². The Morgan fingerprint density at radius 3 is 1.97 bits per heavy atom.